The van der Waals surface area contributed by atoms with Crippen LogP contribution in [0, 0.1) is 0 Å². The lowest BCUT2D eigenvalue weighted by atomic mass is 10.0. The maximum Gasteiger partial charge on any atom is 0.226 e. The average Bonchev–Trinajstić information content (AvgIpc) is 2.61. The monoisotopic (exact) mass is 340 g/mol. The highest BCUT2D eigenvalue weighted by Crippen LogP contribution is 2.32. The topological polar surface area (TPSA) is 76.7 Å². The predicted octanol–water partition coefficient (Wildman–Crippen LogP) is 2.66. The summed E-state index contributed by atoms with van der Waals surface area (Å²) >= 11 is 0. The Morgan fingerprint density at radius 2 is 1.76 bits per heavy atom. The van der Waals surface area contributed by atoms with E-state index in [1.54, 1.807) is 18.2 Å². The van der Waals surface area contributed by atoms with Crippen LogP contribution in [0.4, 0.5) is 5.69 Å². The summed E-state index contributed by atoms with van der Waals surface area (Å²) in [5.74, 6) is 0.912. The van der Waals surface area contributed by atoms with Gasteiger partial charge in [-0.15, -0.1) is 0 Å². The molecular formula is C19H20N2O4. The van der Waals surface area contributed by atoms with Gasteiger partial charge in [-0.1, -0.05) is 30.3 Å². The molecule has 1 aliphatic rings. The molecule has 6 heteroatoms. The molecule has 0 bridgehead atoms. The second-order valence-electron chi connectivity index (χ2n) is 5.77. The van der Waals surface area contributed by atoms with Crippen molar-refractivity contribution in [2.24, 2.45) is 0 Å². The molecule has 0 fully saturated rings. The highest BCUT2D eigenvalue weighted by atomic mass is 16.6. The minimum absolute atomic E-state index is 0.137. The zero-order valence-corrected chi connectivity index (χ0v) is 14.0. The van der Waals surface area contributed by atoms with E-state index in [2.05, 4.69) is 10.6 Å². The van der Waals surface area contributed by atoms with Crippen LogP contribution in [0.1, 0.15) is 24.9 Å². The van der Waals surface area contributed by atoms with Crippen LogP contribution in [0.2, 0.25) is 0 Å². The van der Waals surface area contributed by atoms with Crippen molar-refractivity contribution in [2.75, 3.05) is 18.5 Å². The van der Waals surface area contributed by atoms with E-state index in [1.807, 2.05) is 30.3 Å². The number of hydrogen-bond acceptors (Lipinski definition) is 4. The Bertz CT molecular complexity index is 761. The van der Waals surface area contributed by atoms with Gasteiger partial charge in [0.15, 0.2) is 11.5 Å². The smallest absolute Gasteiger partial charge is 0.226 e. The Kier molecular flexibility index (Phi) is 5.18. The van der Waals surface area contributed by atoms with Crippen LogP contribution in [0.5, 0.6) is 11.5 Å². The first-order chi connectivity index (χ1) is 12.1. The van der Waals surface area contributed by atoms with Crippen LogP contribution in [0.15, 0.2) is 48.5 Å². The number of ether oxygens (including phenoxy) is 2. The summed E-state index contributed by atoms with van der Waals surface area (Å²) in [4.78, 5) is 23.9. The van der Waals surface area contributed by atoms with Gasteiger partial charge in [0.2, 0.25) is 11.8 Å². The Morgan fingerprint density at radius 1 is 1.04 bits per heavy atom. The van der Waals surface area contributed by atoms with Crippen molar-refractivity contribution >= 4 is 17.5 Å². The molecule has 0 aromatic heterocycles. The molecule has 0 unspecified atom stereocenters. The number of amides is 2. The zero-order chi connectivity index (χ0) is 17.6. The molecule has 0 saturated carbocycles. The molecule has 130 valence electrons. The second-order valence-corrected chi connectivity index (χ2v) is 5.77. The number of rotatable bonds is 5. The number of anilines is 1. The van der Waals surface area contributed by atoms with Crippen LogP contribution < -0.4 is 20.1 Å². The standard InChI is InChI=1S/C19H20N2O4/c1-13(22)20-16(14-5-3-2-4-6-14)12-19(23)21-15-7-8-17-18(11-15)25-10-9-24-17/h2-8,11,16H,9-10,12H2,1H3,(H,20,22)(H,21,23)/t16-/m1/s1. The average molecular weight is 340 g/mol. The van der Waals surface area contributed by atoms with Crippen LogP contribution in [0.3, 0.4) is 0 Å². The fourth-order valence-electron chi connectivity index (χ4n) is 2.70. The van der Waals surface area contributed by atoms with E-state index in [-0.39, 0.29) is 24.3 Å². The first-order valence-corrected chi connectivity index (χ1v) is 8.13. The summed E-state index contributed by atoms with van der Waals surface area (Å²) in [5, 5.41) is 5.66. The van der Waals surface area contributed by atoms with Gasteiger partial charge in [-0.2, -0.15) is 0 Å². The second kappa shape index (κ2) is 7.70. The van der Waals surface area contributed by atoms with Crippen LogP contribution in [-0.2, 0) is 9.59 Å². The molecule has 1 atom stereocenters. The molecule has 3 rings (SSSR count). The molecule has 2 aromatic rings. The Morgan fingerprint density at radius 3 is 2.48 bits per heavy atom. The van der Waals surface area contributed by atoms with Crippen LogP contribution in [-0.4, -0.2) is 25.0 Å². The number of carbonyl (C=O) groups is 2. The minimum Gasteiger partial charge on any atom is -0.486 e. The molecule has 25 heavy (non-hydrogen) atoms. The van der Waals surface area contributed by atoms with Gasteiger partial charge in [-0.3, -0.25) is 9.59 Å². The third-order valence-corrected chi connectivity index (χ3v) is 3.79. The van der Waals surface area contributed by atoms with Gasteiger partial charge in [0.25, 0.3) is 0 Å². The van der Waals surface area contributed by atoms with Crippen LogP contribution in [0.25, 0.3) is 0 Å². The van der Waals surface area contributed by atoms with Gasteiger partial charge >= 0.3 is 0 Å². The van der Waals surface area contributed by atoms with E-state index in [0.717, 1.165) is 5.56 Å². The Labute approximate surface area is 146 Å². The Balaban J connectivity index is 1.68. The van der Waals surface area contributed by atoms with Crippen molar-refractivity contribution < 1.29 is 19.1 Å². The number of carbonyl (C=O) groups excluding carboxylic acids is 2. The molecule has 2 amide bonds. The third kappa shape index (κ3) is 4.50. The third-order valence-electron chi connectivity index (χ3n) is 3.79. The molecule has 2 N–H and O–H groups in total. The van der Waals surface area contributed by atoms with Crippen molar-refractivity contribution in [3.05, 3.63) is 54.1 Å². The fourth-order valence-corrected chi connectivity index (χ4v) is 2.70. The van der Waals surface area contributed by atoms with E-state index >= 15 is 0 Å². The molecule has 0 spiro atoms. The molecule has 0 radical (unpaired) electrons. The first-order valence-electron chi connectivity index (χ1n) is 8.13. The SMILES string of the molecule is CC(=O)N[C@H](CC(=O)Nc1ccc2c(c1)OCCO2)c1ccccc1. The molecule has 0 aliphatic carbocycles. The normalized spacial score (nSPS) is 13.6. The predicted molar refractivity (Wildman–Crippen MR) is 93.7 cm³/mol. The largest absolute Gasteiger partial charge is 0.486 e. The summed E-state index contributed by atoms with van der Waals surface area (Å²) in [5.41, 5.74) is 1.51. The van der Waals surface area contributed by atoms with E-state index in [4.69, 9.17) is 9.47 Å². The van der Waals surface area contributed by atoms with Gasteiger partial charge < -0.3 is 20.1 Å². The molecular weight excluding hydrogens is 320 g/mol. The molecule has 0 saturated heterocycles. The zero-order valence-electron chi connectivity index (χ0n) is 14.0. The lowest BCUT2D eigenvalue weighted by Gasteiger charge is -2.20. The van der Waals surface area contributed by atoms with E-state index in [9.17, 15) is 9.59 Å². The van der Waals surface area contributed by atoms with Crippen LogP contribution >= 0.6 is 0 Å². The Hall–Kier alpha value is -3.02. The van der Waals surface area contributed by atoms with Gasteiger partial charge in [-0.25, -0.2) is 0 Å². The van der Waals surface area contributed by atoms with E-state index in [1.165, 1.54) is 6.92 Å². The van der Waals surface area contributed by atoms with Crippen molar-refractivity contribution in [2.45, 2.75) is 19.4 Å². The molecule has 1 aliphatic heterocycles. The van der Waals surface area contributed by atoms with Crippen molar-refractivity contribution in [1.82, 2.24) is 5.32 Å². The van der Waals surface area contributed by atoms with E-state index in [0.29, 0.717) is 30.4 Å². The summed E-state index contributed by atoms with van der Waals surface area (Å²) in [6, 6.07) is 14.3. The first kappa shape index (κ1) is 16.8. The molecule has 6 nitrogen and oxygen atoms in total. The number of fused-ring (bicyclic) bond motifs is 1. The lowest BCUT2D eigenvalue weighted by molar-refractivity contribution is -0.120. The van der Waals surface area contributed by atoms with Gasteiger partial charge in [0.05, 0.1) is 12.5 Å². The van der Waals surface area contributed by atoms with E-state index < -0.39 is 0 Å². The van der Waals surface area contributed by atoms with Gasteiger partial charge in [0, 0.05) is 18.7 Å². The van der Waals surface area contributed by atoms with Gasteiger partial charge in [0.1, 0.15) is 13.2 Å². The maximum atomic E-state index is 12.4. The number of benzene rings is 2. The van der Waals surface area contributed by atoms with Gasteiger partial charge in [-0.05, 0) is 17.7 Å². The lowest BCUT2D eigenvalue weighted by Crippen LogP contribution is -2.29. The summed E-state index contributed by atoms with van der Waals surface area (Å²) < 4.78 is 11.0. The summed E-state index contributed by atoms with van der Waals surface area (Å²) in [6.45, 7) is 2.45. The van der Waals surface area contributed by atoms with Crippen molar-refractivity contribution in [3.8, 4) is 11.5 Å². The maximum absolute atomic E-state index is 12.4. The minimum atomic E-state index is -0.379. The number of nitrogens with one attached hydrogen (secondary N) is 2. The molecule has 2 aromatic carbocycles. The highest BCUT2D eigenvalue weighted by molar-refractivity contribution is 5.92. The summed E-state index contributed by atoms with van der Waals surface area (Å²) in [6.07, 6.45) is 0.137. The highest BCUT2D eigenvalue weighted by Gasteiger charge is 2.18. The van der Waals surface area contributed by atoms with Crippen molar-refractivity contribution in [3.63, 3.8) is 0 Å². The fraction of sp³-hybridized carbons (Fsp3) is 0.263. The summed E-state index contributed by atoms with van der Waals surface area (Å²) in [7, 11) is 0. The quantitative estimate of drug-likeness (QED) is 0.877. The number of hydrogen-bond donors (Lipinski definition) is 2. The van der Waals surface area contributed by atoms with Crippen molar-refractivity contribution in [1.29, 1.82) is 0 Å². The molecule has 1 heterocycles.